The first-order valence-electron chi connectivity index (χ1n) is 4.65. The second kappa shape index (κ2) is 5.81. The minimum absolute atomic E-state index is 0.0690. The molecule has 1 aromatic rings. The van der Waals surface area contributed by atoms with E-state index in [-0.39, 0.29) is 17.8 Å². The van der Waals surface area contributed by atoms with E-state index in [4.69, 9.17) is 11.6 Å². The van der Waals surface area contributed by atoms with Gasteiger partial charge in [-0.1, -0.05) is 12.1 Å². The van der Waals surface area contributed by atoms with Crippen LogP contribution in [0.5, 0.6) is 0 Å². The second-order valence-electron chi connectivity index (χ2n) is 3.22. The lowest BCUT2D eigenvalue weighted by atomic mass is 10.1. The minimum Gasteiger partial charge on any atom is -0.299 e. The third kappa shape index (κ3) is 3.59. The summed E-state index contributed by atoms with van der Waals surface area (Å²) in [6.45, 7) is 0. The van der Waals surface area contributed by atoms with Crippen molar-refractivity contribution in [1.82, 2.24) is 0 Å². The molecule has 0 fully saturated rings. The Morgan fingerprint density at radius 3 is 2.73 bits per heavy atom. The Morgan fingerprint density at radius 1 is 1.33 bits per heavy atom. The maximum absolute atomic E-state index is 13.1. The lowest BCUT2D eigenvalue weighted by Gasteiger charge is -2.02. The third-order valence-electron chi connectivity index (χ3n) is 2.01. The van der Waals surface area contributed by atoms with Gasteiger partial charge in [-0.25, -0.2) is 8.78 Å². The Morgan fingerprint density at radius 2 is 2.07 bits per heavy atom. The van der Waals surface area contributed by atoms with E-state index in [2.05, 4.69) is 0 Å². The van der Waals surface area contributed by atoms with Crippen LogP contribution in [0.4, 0.5) is 8.78 Å². The molecule has 0 aliphatic carbocycles. The number of rotatable bonds is 5. The van der Waals surface area contributed by atoms with E-state index in [1.807, 2.05) is 0 Å². The number of ketones is 1. The lowest BCUT2D eigenvalue weighted by Crippen LogP contribution is -2.05. The molecule has 15 heavy (non-hydrogen) atoms. The summed E-state index contributed by atoms with van der Waals surface area (Å²) in [7, 11) is 0. The van der Waals surface area contributed by atoms with Gasteiger partial charge in [0.1, 0.15) is 5.78 Å². The normalized spacial score (nSPS) is 10.3. The van der Waals surface area contributed by atoms with Crippen molar-refractivity contribution in [3.05, 3.63) is 35.4 Å². The SMILES string of the molecule is O=C(CCCCl)Cc1cccc(F)c1F. The van der Waals surface area contributed by atoms with Crippen LogP contribution in [0.15, 0.2) is 18.2 Å². The highest BCUT2D eigenvalue weighted by Gasteiger charge is 2.11. The van der Waals surface area contributed by atoms with Crippen LogP contribution >= 0.6 is 11.6 Å². The molecule has 0 unspecified atom stereocenters. The van der Waals surface area contributed by atoms with Crippen molar-refractivity contribution < 1.29 is 13.6 Å². The van der Waals surface area contributed by atoms with Crippen molar-refractivity contribution >= 4 is 17.4 Å². The number of hydrogen-bond acceptors (Lipinski definition) is 1. The van der Waals surface area contributed by atoms with E-state index in [0.29, 0.717) is 18.7 Å². The van der Waals surface area contributed by atoms with Crippen LogP contribution in [0.2, 0.25) is 0 Å². The number of carbonyl (C=O) groups is 1. The molecular formula is C11H11ClF2O. The maximum Gasteiger partial charge on any atom is 0.162 e. The monoisotopic (exact) mass is 232 g/mol. The molecule has 0 aliphatic heterocycles. The summed E-state index contributed by atoms with van der Waals surface area (Å²) in [6, 6.07) is 3.83. The van der Waals surface area contributed by atoms with Gasteiger partial charge >= 0.3 is 0 Å². The molecule has 82 valence electrons. The molecule has 0 N–H and O–H groups in total. The van der Waals surface area contributed by atoms with E-state index in [0.717, 1.165) is 6.07 Å². The largest absolute Gasteiger partial charge is 0.299 e. The van der Waals surface area contributed by atoms with E-state index in [1.165, 1.54) is 12.1 Å². The topological polar surface area (TPSA) is 17.1 Å². The minimum atomic E-state index is -0.934. The summed E-state index contributed by atoms with van der Waals surface area (Å²) < 4.78 is 25.9. The van der Waals surface area contributed by atoms with Crippen molar-refractivity contribution in [2.24, 2.45) is 0 Å². The number of benzene rings is 1. The van der Waals surface area contributed by atoms with Crippen LogP contribution in [-0.2, 0) is 11.2 Å². The summed E-state index contributed by atoms with van der Waals surface area (Å²) in [4.78, 5) is 11.3. The molecule has 0 aliphatic rings. The molecule has 1 nitrogen and oxygen atoms in total. The Balaban J connectivity index is 2.64. The molecule has 0 saturated heterocycles. The summed E-state index contributed by atoms with van der Waals surface area (Å²) >= 11 is 5.42. The van der Waals surface area contributed by atoms with Gasteiger partial charge in [0.05, 0.1) is 0 Å². The van der Waals surface area contributed by atoms with Crippen LogP contribution in [0.1, 0.15) is 18.4 Å². The second-order valence-corrected chi connectivity index (χ2v) is 3.60. The maximum atomic E-state index is 13.1. The van der Waals surface area contributed by atoms with E-state index in [1.54, 1.807) is 0 Å². The molecule has 1 aromatic carbocycles. The molecule has 0 amide bonds. The van der Waals surface area contributed by atoms with Crippen molar-refractivity contribution in [3.63, 3.8) is 0 Å². The van der Waals surface area contributed by atoms with Gasteiger partial charge in [0.25, 0.3) is 0 Å². The molecule has 0 saturated carbocycles. The standard InChI is InChI=1S/C11H11ClF2O/c12-6-2-4-9(15)7-8-3-1-5-10(13)11(8)14/h1,3,5H,2,4,6-7H2. The van der Waals surface area contributed by atoms with E-state index >= 15 is 0 Å². The van der Waals surface area contributed by atoms with Crippen LogP contribution in [0.3, 0.4) is 0 Å². The molecule has 0 atom stereocenters. The first kappa shape index (κ1) is 12.1. The molecule has 0 aromatic heterocycles. The van der Waals surface area contributed by atoms with Gasteiger partial charge in [0, 0.05) is 18.7 Å². The number of Topliss-reactive ketones (excluding diaryl/α,β-unsaturated/α-hetero) is 1. The zero-order chi connectivity index (χ0) is 11.3. The third-order valence-corrected chi connectivity index (χ3v) is 2.28. The fourth-order valence-electron chi connectivity index (χ4n) is 1.25. The smallest absolute Gasteiger partial charge is 0.162 e. The van der Waals surface area contributed by atoms with Gasteiger partial charge in [-0.05, 0) is 18.1 Å². The first-order valence-corrected chi connectivity index (χ1v) is 5.19. The Labute approximate surface area is 92.1 Å². The number of halogens is 3. The molecule has 4 heteroatoms. The highest BCUT2D eigenvalue weighted by Crippen LogP contribution is 2.13. The quantitative estimate of drug-likeness (QED) is 0.713. The van der Waals surface area contributed by atoms with Crippen molar-refractivity contribution in [2.75, 3.05) is 5.88 Å². The summed E-state index contributed by atoms with van der Waals surface area (Å²) in [5.41, 5.74) is 0.106. The molecule has 0 spiro atoms. The molecule has 1 rings (SSSR count). The van der Waals surface area contributed by atoms with Gasteiger partial charge in [-0.2, -0.15) is 0 Å². The van der Waals surface area contributed by atoms with E-state index in [9.17, 15) is 13.6 Å². The van der Waals surface area contributed by atoms with Crippen molar-refractivity contribution in [1.29, 1.82) is 0 Å². The average Bonchev–Trinajstić information content (AvgIpc) is 2.22. The van der Waals surface area contributed by atoms with Crippen LogP contribution in [-0.4, -0.2) is 11.7 Å². The van der Waals surface area contributed by atoms with Crippen molar-refractivity contribution in [3.8, 4) is 0 Å². The van der Waals surface area contributed by atoms with Crippen LogP contribution in [0.25, 0.3) is 0 Å². The average molecular weight is 233 g/mol. The van der Waals surface area contributed by atoms with Crippen molar-refractivity contribution in [2.45, 2.75) is 19.3 Å². The van der Waals surface area contributed by atoms with Crippen LogP contribution in [0, 0.1) is 11.6 Å². The fourth-order valence-corrected chi connectivity index (χ4v) is 1.38. The van der Waals surface area contributed by atoms with Gasteiger partial charge in [-0.3, -0.25) is 4.79 Å². The van der Waals surface area contributed by atoms with E-state index < -0.39 is 11.6 Å². The molecule has 0 radical (unpaired) electrons. The highest BCUT2D eigenvalue weighted by atomic mass is 35.5. The number of carbonyl (C=O) groups excluding carboxylic acids is 1. The van der Waals surface area contributed by atoms with Crippen LogP contribution < -0.4 is 0 Å². The summed E-state index contributed by atoms with van der Waals surface area (Å²) in [5.74, 6) is -1.58. The fraction of sp³-hybridized carbons (Fsp3) is 0.364. The Hall–Kier alpha value is -0.960. The summed E-state index contributed by atoms with van der Waals surface area (Å²) in [5, 5.41) is 0. The molecule has 0 bridgehead atoms. The zero-order valence-electron chi connectivity index (χ0n) is 8.10. The first-order chi connectivity index (χ1) is 7.15. The summed E-state index contributed by atoms with van der Waals surface area (Å²) in [6.07, 6.45) is 0.803. The van der Waals surface area contributed by atoms with Gasteiger partial charge in [-0.15, -0.1) is 11.6 Å². The number of alkyl halides is 1. The van der Waals surface area contributed by atoms with Gasteiger partial charge in [0.2, 0.25) is 0 Å². The zero-order valence-corrected chi connectivity index (χ0v) is 8.86. The Bertz CT molecular complexity index is 352. The predicted molar refractivity (Wildman–Crippen MR) is 55.0 cm³/mol. The van der Waals surface area contributed by atoms with Gasteiger partial charge < -0.3 is 0 Å². The Kier molecular flexibility index (Phi) is 4.69. The molecule has 0 heterocycles. The molecular weight excluding hydrogens is 222 g/mol. The predicted octanol–water partition coefficient (Wildman–Crippen LogP) is 3.10. The highest BCUT2D eigenvalue weighted by molar-refractivity contribution is 6.17. The number of hydrogen-bond donors (Lipinski definition) is 0. The van der Waals surface area contributed by atoms with Gasteiger partial charge in [0.15, 0.2) is 11.6 Å². The lowest BCUT2D eigenvalue weighted by molar-refractivity contribution is -0.118.